The summed E-state index contributed by atoms with van der Waals surface area (Å²) in [6, 6.07) is 12.5. The second-order valence-corrected chi connectivity index (χ2v) is 5.39. The zero-order chi connectivity index (χ0) is 11.1. The molecule has 3 rings (SSSR count). The minimum Gasteiger partial charge on any atom is -0.458 e. The molecule has 0 N–H and O–H groups in total. The van der Waals surface area contributed by atoms with Gasteiger partial charge in [0.05, 0.1) is 0 Å². The summed E-state index contributed by atoms with van der Waals surface area (Å²) in [7, 11) is 0.714. The number of hydrogen-bond donors (Lipinski definition) is 0. The number of fused-ring (bicyclic) bond motifs is 2. The second kappa shape index (κ2) is 3.49. The zero-order valence-electron chi connectivity index (χ0n) is 9.37. The Bertz CT molecular complexity index is 561. The average molecular weight is 224 g/mol. The van der Waals surface area contributed by atoms with Crippen LogP contribution in [0.3, 0.4) is 0 Å². The minimum absolute atomic E-state index is 0.714. The van der Waals surface area contributed by atoms with E-state index in [9.17, 15) is 0 Å². The molecule has 0 bridgehead atoms. The summed E-state index contributed by atoms with van der Waals surface area (Å²) in [5.74, 6) is 2.04. The van der Waals surface area contributed by atoms with E-state index < -0.39 is 0 Å². The lowest BCUT2D eigenvalue weighted by molar-refractivity contribution is 0.487. The first-order valence-electron chi connectivity index (χ1n) is 5.40. The summed E-state index contributed by atoms with van der Waals surface area (Å²) < 4.78 is 5.92. The highest BCUT2D eigenvalue weighted by molar-refractivity contribution is 6.70. The van der Waals surface area contributed by atoms with Crippen molar-refractivity contribution < 1.29 is 4.74 Å². The lowest BCUT2D eigenvalue weighted by Gasteiger charge is -2.21. The Morgan fingerprint density at radius 1 is 0.938 bits per heavy atom. The molecule has 0 atom stereocenters. The van der Waals surface area contributed by atoms with Crippen LogP contribution in [-0.2, 0) is 0 Å². The van der Waals surface area contributed by atoms with E-state index in [2.05, 4.69) is 38.1 Å². The molecule has 1 aliphatic heterocycles. The van der Waals surface area contributed by atoms with Crippen molar-refractivity contribution in [3.63, 3.8) is 0 Å². The van der Waals surface area contributed by atoms with Crippen molar-refractivity contribution in [1.82, 2.24) is 0 Å². The predicted molar refractivity (Wildman–Crippen MR) is 67.5 cm³/mol. The molecule has 2 radical (unpaired) electrons. The fourth-order valence-corrected chi connectivity index (χ4v) is 3.29. The number of rotatable bonds is 0. The van der Waals surface area contributed by atoms with Crippen molar-refractivity contribution in [3.8, 4) is 11.5 Å². The fourth-order valence-electron chi connectivity index (χ4n) is 1.94. The standard InChI is InChI=1S/C14H12OSi/c1-9-7-8-12-14(10(9)2)16-13-6-4-3-5-11(13)15-12/h3-8H,1-2H3. The van der Waals surface area contributed by atoms with Crippen LogP contribution in [0.1, 0.15) is 11.1 Å². The van der Waals surface area contributed by atoms with E-state index in [1.54, 1.807) is 0 Å². The molecule has 0 amide bonds. The molecule has 1 aliphatic rings. The van der Waals surface area contributed by atoms with Crippen molar-refractivity contribution in [2.75, 3.05) is 0 Å². The van der Waals surface area contributed by atoms with Crippen LogP contribution < -0.4 is 15.1 Å². The van der Waals surface area contributed by atoms with Crippen LogP contribution in [0.2, 0.25) is 0 Å². The van der Waals surface area contributed by atoms with E-state index >= 15 is 0 Å². The van der Waals surface area contributed by atoms with Gasteiger partial charge in [-0.1, -0.05) is 24.3 Å². The van der Waals surface area contributed by atoms with E-state index in [0.29, 0.717) is 9.52 Å². The Morgan fingerprint density at radius 2 is 1.75 bits per heavy atom. The molecule has 2 aromatic carbocycles. The minimum atomic E-state index is 0.714. The number of aryl methyl sites for hydroxylation is 1. The highest BCUT2D eigenvalue weighted by atomic mass is 28.2. The monoisotopic (exact) mass is 224 g/mol. The van der Waals surface area contributed by atoms with Gasteiger partial charge in [0, 0.05) is 0 Å². The molecule has 0 unspecified atom stereocenters. The maximum atomic E-state index is 5.92. The Labute approximate surface area is 97.9 Å². The zero-order valence-corrected chi connectivity index (χ0v) is 10.4. The predicted octanol–water partition coefficient (Wildman–Crippen LogP) is 2.06. The Hall–Kier alpha value is -1.54. The van der Waals surface area contributed by atoms with Gasteiger partial charge in [0.25, 0.3) is 0 Å². The van der Waals surface area contributed by atoms with Crippen LogP contribution in [0.25, 0.3) is 0 Å². The molecular weight excluding hydrogens is 212 g/mol. The molecule has 0 aliphatic carbocycles. The molecule has 16 heavy (non-hydrogen) atoms. The van der Waals surface area contributed by atoms with Crippen molar-refractivity contribution in [2.45, 2.75) is 13.8 Å². The van der Waals surface area contributed by atoms with Crippen molar-refractivity contribution in [3.05, 3.63) is 47.5 Å². The van der Waals surface area contributed by atoms with Crippen molar-refractivity contribution in [2.24, 2.45) is 0 Å². The van der Waals surface area contributed by atoms with E-state index in [4.69, 9.17) is 4.74 Å². The van der Waals surface area contributed by atoms with Crippen molar-refractivity contribution >= 4 is 19.9 Å². The van der Waals surface area contributed by atoms with Gasteiger partial charge in [0.2, 0.25) is 0 Å². The summed E-state index contributed by atoms with van der Waals surface area (Å²) in [4.78, 5) is 0. The third kappa shape index (κ3) is 1.38. The van der Waals surface area contributed by atoms with Gasteiger partial charge in [-0.3, -0.25) is 0 Å². The van der Waals surface area contributed by atoms with E-state index in [1.807, 2.05) is 12.1 Å². The SMILES string of the molecule is Cc1ccc2c(c1C)[Si]c1ccccc1O2. The molecule has 2 heteroatoms. The summed E-state index contributed by atoms with van der Waals surface area (Å²) in [6.45, 7) is 4.33. The number of ether oxygens (including phenoxy) is 1. The first-order valence-corrected chi connectivity index (χ1v) is 6.40. The van der Waals surface area contributed by atoms with Crippen LogP contribution in [0.4, 0.5) is 0 Å². The van der Waals surface area contributed by atoms with E-state index in [1.165, 1.54) is 21.5 Å². The van der Waals surface area contributed by atoms with Crippen LogP contribution >= 0.6 is 0 Å². The normalized spacial score (nSPS) is 12.6. The lowest BCUT2D eigenvalue weighted by atomic mass is 10.1. The third-order valence-corrected chi connectivity index (χ3v) is 4.62. The summed E-state index contributed by atoms with van der Waals surface area (Å²) in [5, 5.41) is 2.67. The molecule has 0 saturated carbocycles. The quantitative estimate of drug-likeness (QED) is 0.531. The first kappa shape index (κ1) is 9.67. The molecule has 0 fully saturated rings. The first-order chi connectivity index (χ1) is 7.75. The Morgan fingerprint density at radius 3 is 2.62 bits per heavy atom. The maximum absolute atomic E-state index is 5.92. The van der Waals surface area contributed by atoms with Gasteiger partial charge in [-0.25, -0.2) is 0 Å². The number of benzene rings is 2. The third-order valence-electron chi connectivity index (χ3n) is 3.06. The van der Waals surface area contributed by atoms with Crippen LogP contribution in [0, 0.1) is 13.8 Å². The van der Waals surface area contributed by atoms with Gasteiger partial charge >= 0.3 is 0 Å². The van der Waals surface area contributed by atoms with Gasteiger partial charge in [-0.05, 0) is 47.5 Å². The maximum Gasteiger partial charge on any atom is 0.132 e. The van der Waals surface area contributed by atoms with Gasteiger partial charge in [0.15, 0.2) is 0 Å². The molecule has 1 nitrogen and oxygen atoms in total. The molecule has 0 spiro atoms. The van der Waals surface area contributed by atoms with Crippen LogP contribution in [0.5, 0.6) is 11.5 Å². The van der Waals surface area contributed by atoms with Crippen LogP contribution in [0.15, 0.2) is 36.4 Å². The second-order valence-electron chi connectivity index (χ2n) is 4.10. The van der Waals surface area contributed by atoms with Gasteiger partial charge in [0.1, 0.15) is 21.0 Å². The highest BCUT2D eigenvalue weighted by Gasteiger charge is 2.19. The summed E-state index contributed by atoms with van der Waals surface area (Å²) in [5.41, 5.74) is 2.71. The van der Waals surface area contributed by atoms with Crippen molar-refractivity contribution in [1.29, 1.82) is 0 Å². The molecular formula is C14H12OSi. The molecule has 0 aromatic heterocycles. The van der Waals surface area contributed by atoms with Gasteiger partial charge in [-0.2, -0.15) is 0 Å². The smallest absolute Gasteiger partial charge is 0.132 e. The topological polar surface area (TPSA) is 9.23 Å². The van der Waals surface area contributed by atoms with E-state index in [-0.39, 0.29) is 0 Å². The molecule has 1 heterocycles. The van der Waals surface area contributed by atoms with Gasteiger partial charge < -0.3 is 4.74 Å². The lowest BCUT2D eigenvalue weighted by Crippen LogP contribution is -2.35. The average Bonchev–Trinajstić information content (AvgIpc) is 2.32. The summed E-state index contributed by atoms with van der Waals surface area (Å²) in [6.07, 6.45) is 0. The Kier molecular flexibility index (Phi) is 2.11. The molecule has 78 valence electrons. The van der Waals surface area contributed by atoms with Crippen LogP contribution in [-0.4, -0.2) is 9.52 Å². The fraction of sp³-hybridized carbons (Fsp3) is 0.143. The Balaban J connectivity index is 2.16. The molecule has 0 saturated heterocycles. The van der Waals surface area contributed by atoms with E-state index in [0.717, 1.165) is 11.5 Å². The highest BCUT2D eigenvalue weighted by Crippen LogP contribution is 2.23. The number of hydrogen-bond acceptors (Lipinski definition) is 1. The molecule has 2 aromatic rings. The summed E-state index contributed by atoms with van der Waals surface area (Å²) >= 11 is 0. The largest absolute Gasteiger partial charge is 0.458 e. The van der Waals surface area contributed by atoms with Gasteiger partial charge in [-0.15, -0.1) is 0 Å². The number of para-hydroxylation sites is 1.